The van der Waals surface area contributed by atoms with Crippen LogP contribution in [0.1, 0.15) is 149 Å². The maximum atomic E-state index is 11.7. The first-order valence-electron chi connectivity index (χ1n) is 13.5. The summed E-state index contributed by atoms with van der Waals surface area (Å²) in [4.78, 5) is 23.4. The average Bonchev–Trinajstić information content (AvgIpc) is 2.76. The predicted molar refractivity (Wildman–Crippen MR) is 130 cm³/mol. The molecule has 0 aliphatic carbocycles. The Balaban J connectivity index is 3.26. The summed E-state index contributed by atoms with van der Waals surface area (Å²) in [6, 6.07) is 0. The summed E-state index contributed by atoms with van der Waals surface area (Å²) in [5.74, 6) is -0.383. The van der Waals surface area contributed by atoms with Crippen LogP contribution in [0.5, 0.6) is 0 Å². The zero-order valence-electron chi connectivity index (χ0n) is 20.9. The Bertz CT molecular complexity index is 395. The van der Waals surface area contributed by atoms with Gasteiger partial charge in [-0.1, -0.05) is 117 Å². The molecule has 0 bridgehead atoms. The number of hydrogen-bond acceptors (Lipinski definition) is 4. The highest BCUT2D eigenvalue weighted by Crippen LogP contribution is 2.12. The molecule has 0 aromatic heterocycles. The zero-order valence-corrected chi connectivity index (χ0v) is 20.9. The number of carbonyl (C=O) groups excluding carboxylic acids is 2. The summed E-state index contributed by atoms with van der Waals surface area (Å²) in [5, 5.41) is 0. The molecule has 4 nitrogen and oxygen atoms in total. The Kier molecular flexibility index (Phi) is 24.3. The fourth-order valence-corrected chi connectivity index (χ4v) is 3.72. The minimum Gasteiger partial charge on any atom is -0.466 e. The largest absolute Gasteiger partial charge is 0.466 e. The SMILES string of the molecule is CCCCCCCCCCCCCCCOC(=O)CCCC(=O)OCCCCCCC. The van der Waals surface area contributed by atoms with Gasteiger partial charge in [0, 0.05) is 12.8 Å². The van der Waals surface area contributed by atoms with E-state index in [2.05, 4.69) is 13.8 Å². The second-order valence-electron chi connectivity index (χ2n) is 8.95. The van der Waals surface area contributed by atoms with Crippen molar-refractivity contribution in [1.29, 1.82) is 0 Å². The van der Waals surface area contributed by atoms with E-state index in [0.717, 1.165) is 25.7 Å². The Hall–Kier alpha value is -1.06. The number of unbranched alkanes of at least 4 members (excludes halogenated alkanes) is 16. The van der Waals surface area contributed by atoms with Crippen molar-refractivity contribution < 1.29 is 19.1 Å². The number of carbonyl (C=O) groups is 2. The van der Waals surface area contributed by atoms with Crippen LogP contribution in [0.25, 0.3) is 0 Å². The highest BCUT2D eigenvalue weighted by molar-refractivity contribution is 5.72. The van der Waals surface area contributed by atoms with E-state index >= 15 is 0 Å². The molecule has 0 atom stereocenters. The molecule has 0 N–H and O–H groups in total. The zero-order chi connectivity index (χ0) is 22.8. The second-order valence-corrected chi connectivity index (χ2v) is 8.95. The van der Waals surface area contributed by atoms with Gasteiger partial charge in [-0.25, -0.2) is 0 Å². The minimum atomic E-state index is -0.195. The highest BCUT2D eigenvalue weighted by Gasteiger charge is 2.07. The molecule has 0 aromatic rings. The van der Waals surface area contributed by atoms with Gasteiger partial charge in [-0.05, 0) is 19.3 Å². The fraction of sp³-hybridized carbons (Fsp3) is 0.926. The molecular formula is C27H52O4. The van der Waals surface area contributed by atoms with Crippen LogP contribution < -0.4 is 0 Å². The van der Waals surface area contributed by atoms with E-state index in [-0.39, 0.29) is 11.9 Å². The molecule has 0 rings (SSSR count). The van der Waals surface area contributed by atoms with E-state index in [4.69, 9.17) is 9.47 Å². The molecule has 4 heteroatoms. The van der Waals surface area contributed by atoms with Gasteiger partial charge < -0.3 is 9.47 Å². The van der Waals surface area contributed by atoms with Gasteiger partial charge in [0.05, 0.1) is 13.2 Å². The lowest BCUT2D eigenvalue weighted by Gasteiger charge is -2.06. The van der Waals surface area contributed by atoms with Crippen LogP contribution >= 0.6 is 0 Å². The monoisotopic (exact) mass is 440 g/mol. The quantitative estimate of drug-likeness (QED) is 0.112. The van der Waals surface area contributed by atoms with Crippen LogP contribution in [0, 0.1) is 0 Å². The van der Waals surface area contributed by atoms with Crippen LogP contribution in [-0.4, -0.2) is 25.2 Å². The van der Waals surface area contributed by atoms with E-state index in [1.54, 1.807) is 0 Å². The highest BCUT2D eigenvalue weighted by atomic mass is 16.5. The lowest BCUT2D eigenvalue weighted by atomic mass is 10.0. The molecule has 0 aromatic carbocycles. The van der Waals surface area contributed by atoms with E-state index in [9.17, 15) is 9.59 Å². The van der Waals surface area contributed by atoms with Crippen LogP contribution in [-0.2, 0) is 19.1 Å². The number of ether oxygens (including phenoxy) is 2. The van der Waals surface area contributed by atoms with Gasteiger partial charge in [0.15, 0.2) is 0 Å². The smallest absolute Gasteiger partial charge is 0.305 e. The van der Waals surface area contributed by atoms with Gasteiger partial charge in [0.1, 0.15) is 0 Å². The lowest BCUT2D eigenvalue weighted by molar-refractivity contribution is -0.145. The van der Waals surface area contributed by atoms with Crippen molar-refractivity contribution in [1.82, 2.24) is 0 Å². The van der Waals surface area contributed by atoms with Crippen molar-refractivity contribution in [2.24, 2.45) is 0 Å². The Morgan fingerprint density at radius 1 is 0.419 bits per heavy atom. The Labute approximate surface area is 193 Å². The molecule has 0 amide bonds. The molecule has 0 aliphatic rings. The molecule has 31 heavy (non-hydrogen) atoms. The van der Waals surface area contributed by atoms with Gasteiger partial charge in [-0.3, -0.25) is 9.59 Å². The Morgan fingerprint density at radius 2 is 0.710 bits per heavy atom. The average molecular weight is 441 g/mol. The molecule has 0 heterocycles. The summed E-state index contributed by atoms with van der Waals surface area (Å²) < 4.78 is 10.5. The molecule has 0 fully saturated rings. The van der Waals surface area contributed by atoms with Crippen molar-refractivity contribution in [3.8, 4) is 0 Å². The van der Waals surface area contributed by atoms with Gasteiger partial charge in [0.25, 0.3) is 0 Å². The predicted octanol–water partition coefficient (Wildman–Crippen LogP) is 8.30. The summed E-state index contributed by atoms with van der Waals surface area (Å²) in [6.45, 7) is 5.47. The van der Waals surface area contributed by atoms with Crippen LogP contribution in [0.2, 0.25) is 0 Å². The van der Waals surface area contributed by atoms with Gasteiger partial charge >= 0.3 is 11.9 Å². The number of hydrogen-bond donors (Lipinski definition) is 0. The van der Waals surface area contributed by atoms with E-state index in [1.807, 2.05) is 0 Å². The number of esters is 2. The molecule has 0 spiro atoms. The van der Waals surface area contributed by atoms with Crippen LogP contribution in [0.15, 0.2) is 0 Å². The van der Waals surface area contributed by atoms with E-state index in [0.29, 0.717) is 32.5 Å². The van der Waals surface area contributed by atoms with Gasteiger partial charge in [-0.15, -0.1) is 0 Å². The molecule has 0 aliphatic heterocycles. The topological polar surface area (TPSA) is 52.6 Å². The first kappa shape index (κ1) is 29.9. The normalized spacial score (nSPS) is 10.9. The number of rotatable bonds is 24. The molecular weight excluding hydrogens is 388 g/mol. The summed E-state index contributed by atoms with van der Waals surface area (Å²) >= 11 is 0. The third kappa shape index (κ3) is 25.1. The van der Waals surface area contributed by atoms with Gasteiger partial charge in [-0.2, -0.15) is 0 Å². The van der Waals surface area contributed by atoms with Crippen molar-refractivity contribution >= 4 is 11.9 Å². The first-order chi connectivity index (χ1) is 15.2. The van der Waals surface area contributed by atoms with E-state index in [1.165, 1.54) is 89.9 Å². The maximum Gasteiger partial charge on any atom is 0.305 e. The fourth-order valence-electron chi connectivity index (χ4n) is 3.72. The van der Waals surface area contributed by atoms with Crippen molar-refractivity contribution in [3.63, 3.8) is 0 Å². The standard InChI is InChI=1S/C27H52O4/c1-3-5-7-9-10-11-12-13-14-15-16-18-20-25-31-27(29)23-21-22-26(28)30-24-19-17-8-6-4-2/h3-25H2,1-2H3. The molecule has 0 saturated heterocycles. The van der Waals surface area contributed by atoms with Crippen LogP contribution in [0.3, 0.4) is 0 Å². The maximum absolute atomic E-state index is 11.7. The Morgan fingerprint density at radius 3 is 1.03 bits per heavy atom. The molecule has 0 radical (unpaired) electrons. The van der Waals surface area contributed by atoms with Crippen molar-refractivity contribution in [2.45, 2.75) is 149 Å². The van der Waals surface area contributed by atoms with Crippen LogP contribution in [0.4, 0.5) is 0 Å². The third-order valence-corrected chi connectivity index (χ3v) is 5.78. The summed E-state index contributed by atoms with van der Waals surface area (Å²) in [5.41, 5.74) is 0. The lowest BCUT2D eigenvalue weighted by Crippen LogP contribution is -2.09. The second kappa shape index (κ2) is 25.2. The molecule has 184 valence electrons. The summed E-state index contributed by atoms with van der Waals surface area (Å²) in [6.07, 6.45) is 23.9. The molecule has 0 saturated carbocycles. The minimum absolute atomic E-state index is 0.189. The molecule has 0 unspecified atom stereocenters. The summed E-state index contributed by atoms with van der Waals surface area (Å²) in [7, 11) is 0. The van der Waals surface area contributed by atoms with Crippen molar-refractivity contribution in [2.75, 3.05) is 13.2 Å². The first-order valence-corrected chi connectivity index (χ1v) is 13.5. The third-order valence-electron chi connectivity index (χ3n) is 5.78. The van der Waals surface area contributed by atoms with E-state index < -0.39 is 0 Å². The van der Waals surface area contributed by atoms with Gasteiger partial charge in [0.2, 0.25) is 0 Å². The van der Waals surface area contributed by atoms with Crippen molar-refractivity contribution in [3.05, 3.63) is 0 Å².